The average Bonchev–Trinajstić information content (AvgIpc) is 2.72. The Kier molecular flexibility index (Phi) is 3.46. The molecule has 100 valence electrons. The fourth-order valence-electron chi connectivity index (χ4n) is 2.45. The zero-order valence-electron chi connectivity index (χ0n) is 11.6. The molecule has 0 saturated heterocycles. The maximum atomic E-state index is 12.1. The quantitative estimate of drug-likeness (QED) is 0.820. The van der Waals surface area contributed by atoms with E-state index in [-0.39, 0.29) is 11.9 Å². The highest BCUT2D eigenvalue weighted by Crippen LogP contribution is 2.30. The van der Waals surface area contributed by atoms with E-state index in [1.165, 1.54) is 11.3 Å². The van der Waals surface area contributed by atoms with E-state index in [0.717, 1.165) is 19.3 Å². The molecule has 2 rings (SSSR count). The zero-order valence-corrected chi connectivity index (χ0v) is 11.6. The number of nitrogens with zero attached hydrogens (tertiary/aromatic N) is 1. The SMILES string of the molecule is CC(C(=O)OC(C)(C)C)C1CCc2cn[nH]c2C1. The molecule has 0 aliphatic heterocycles. The molecule has 2 unspecified atom stereocenters. The first kappa shape index (κ1) is 13.1. The van der Waals surface area contributed by atoms with Gasteiger partial charge < -0.3 is 4.74 Å². The molecule has 0 fully saturated rings. The van der Waals surface area contributed by atoms with Gasteiger partial charge >= 0.3 is 5.97 Å². The van der Waals surface area contributed by atoms with Crippen LogP contribution in [0.1, 0.15) is 45.4 Å². The summed E-state index contributed by atoms with van der Waals surface area (Å²) in [7, 11) is 0. The second-order valence-electron chi connectivity index (χ2n) is 6.20. The zero-order chi connectivity index (χ0) is 13.3. The van der Waals surface area contributed by atoms with Gasteiger partial charge in [0.2, 0.25) is 0 Å². The van der Waals surface area contributed by atoms with Crippen molar-refractivity contribution >= 4 is 5.97 Å². The number of fused-ring (bicyclic) bond motifs is 1. The van der Waals surface area contributed by atoms with E-state index >= 15 is 0 Å². The summed E-state index contributed by atoms with van der Waals surface area (Å²) in [5.41, 5.74) is 2.07. The third-order valence-electron chi connectivity index (χ3n) is 3.54. The minimum absolute atomic E-state index is 0.0549. The van der Waals surface area contributed by atoms with E-state index < -0.39 is 5.60 Å². The van der Waals surface area contributed by atoms with Gasteiger partial charge in [-0.05, 0) is 51.5 Å². The Labute approximate surface area is 108 Å². The number of carbonyl (C=O) groups is 1. The van der Waals surface area contributed by atoms with Gasteiger partial charge in [0, 0.05) is 5.69 Å². The normalized spacial score (nSPS) is 21.2. The van der Waals surface area contributed by atoms with E-state index in [1.54, 1.807) is 0 Å². The second-order valence-corrected chi connectivity index (χ2v) is 6.20. The van der Waals surface area contributed by atoms with Gasteiger partial charge in [-0.2, -0.15) is 5.10 Å². The number of H-pyrrole nitrogens is 1. The van der Waals surface area contributed by atoms with Gasteiger partial charge in [-0.15, -0.1) is 0 Å². The maximum absolute atomic E-state index is 12.1. The molecule has 0 amide bonds. The van der Waals surface area contributed by atoms with Crippen LogP contribution in [0.2, 0.25) is 0 Å². The van der Waals surface area contributed by atoms with Crippen molar-refractivity contribution in [3.8, 4) is 0 Å². The Hall–Kier alpha value is -1.32. The summed E-state index contributed by atoms with van der Waals surface area (Å²) in [6.45, 7) is 7.70. The van der Waals surface area contributed by atoms with Crippen molar-refractivity contribution in [2.24, 2.45) is 11.8 Å². The van der Waals surface area contributed by atoms with Crippen molar-refractivity contribution in [3.63, 3.8) is 0 Å². The van der Waals surface area contributed by atoms with Gasteiger partial charge in [0.05, 0.1) is 12.1 Å². The lowest BCUT2D eigenvalue weighted by Crippen LogP contribution is -2.33. The summed E-state index contributed by atoms with van der Waals surface area (Å²) < 4.78 is 5.46. The van der Waals surface area contributed by atoms with E-state index in [4.69, 9.17) is 4.74 Å². The van der Waals surface area contributed by atoms with Crippen LogP contribution in [0.4, 0.5) is 0 Å². The number of aromatic amines is 1. The summed E-state index contributed by atoms with van der Waals surface area (Å²) in [6.07, 6.45) is 4.83. The van der Waals surface area contributed by atoms with Crippen LogP contribution in [0, 0.1) is 11.8 Å². The molecule has 2 atom stereocenters. The number of esters is 1. The lowest BCUT2D eigenvalue weighted by Gasteiger charge is -2.29. The van der Waals surface area contributed by atoms with E-state index in [9.17, 15) is 4.79 Å². The van der Waals surface area contributed by atoms with Crippen LogP contribution in [-0.4, -0.2) is 21.8 Å². The summed E-state index contributed by atoms with van der Waals surface area (Å²) in [5.74, 6) is 0.212. The molecule has 0 bridgehead atoms. The molecular formula is C14H22N2O2. The number of nitrogens with one attached hydrogen (secondary N) is 1. The third kappa shape index (κ3) is 2.92. The Bertz CT molecular complexity index is 431. The average molecular weight is 250 g/mol. The van der Waals surface area contributed by atoms with Crippen LogP contribution in [0.15, 0.2) is 6.20 Å². The third-order valence-corrected chi connectivity index (χ3v) is 3.54. The first-order valence-corrected chi connectivity index (χ1v) is 6.61. The molecule has 0 radical (unpaired) electrons. The number of rotatable bonds is 2. The highest BCUT2D eigenvalue weighted by Gasteiger charge is 2.31. The molecule has 18 heavy (non-hydrogen) atoms. The van der Waals surface area contributed by atoms with Gasteiger partial charge in [0.15, 0.2) is 0 Å². The van der Waals surface area contributed by atoms with Crippen molar-refractivity contribution in [2.75, 3.05) is 0 Å². The fourth-order valence-corrected chi connectivity index (χ4v) is 2.45. The molecule has 4 heteroatoms. The first-order valence-electron chi connectivity index (χ1n) is 6.61. The van der Waals surface area contributed by atoms with E-state index in [1.807, 2.05) is 33.9 Å². The number of hydrogen-bond donors (Lipinski definition) is 1. The van der Waals surface area contributed by atoms with Crippen molar-refractivity contribution in [1.82, 2.24) is 10.2 Å². The number of ether oxygens (including phenoxy) is 1. The Morgan fingerprint density at radius 3 is 2.94 bits per heavy atom. The molecule has 1 aromatic heterocycles. The monoisotopic (exact) mass is 250 g/mol. The largest absolute Gasteiger partial charge is 0.460 e. The van der Waals surface area contributed by atoms with Crippen LogP contribution < -0.4 is 0 Å². The van der Waals surface area contributed by atoms with Gasteiger partial charge in [-0.1, -0.05) is 6.92 Å². The van der Waals surface area contributed by atoms with Crippen LogP contribution in [-0.2, 0) is 22.4 Å². The molecule has 1 N–H and O–H groups in total. The summed E-state index contributed by atoms with van der Waals surface area (Å²) in [4.78, 5) is 12.1. The molecule has 0 aromatic carbocycles. The number of carbonyl (C=O) groups excluding carboxylic acids is 1. The maximum Gasteiger partial charge on any atom is 0.309 e. The minimum Gasteiger partial charge on any atom is -0.460 e. The first-order chi connectivity index (χ1) is 8.37. The van der Waals surface area contributed by atoms with Gasteiger partial charge in [-0.3, -0.25) is 9.89 Å². The van der Waals surface area contributed by atoms with E-state index in [0.29, 0.717) is 5.92 Å². The summed E-state index contributed by atoms with van der Waals surface area (Å²) in [5, 5.41) is 7.09. The lowest BCUT2D eigenvalue weighted by molar-refractivity contribution is -0.161. The highest BCUT2D eigenvalue weighted by atomic mass is 16.6. The topological polar surface area (TPSA) is 55.0 Å². The smallest absolute Gasteiger partial charge is 0.309 e. The summed E-state index contributed by atoms with van der Waals surface area (Å²) >= 11 is 0. The van der Waals surface area contributed by atoms with Crippen molar-refractivity contribution < 1.29 is 9.53 Å². The predicted molar refractivity (Wildman–Crippen MR) is 69.1 cm³/mol. The summed E-state index contributed by atoms with van der Waals surface area (Å²) in [6, 6.07) is 0. The van der Waals surface area contributed by atoms with Gasteiger partial charge in [0.1, 0.15) is 5.60 Å². The fraction of sp³-hybridized carbons (Fsp3) is 0.714. The van der Waals surface area contributed by atoms with Crippen LogP contribution in [0.3, 0.4) is 0 Å². The van der Waals surface area contributed by atoms with Gasteiger partial charge in [-0.25, -0.2) is 0 Å². The second kappa shape index (κ2) is 4.75. The number of hydrogen-bond acceptors (Lipinski definition) is 3. The molecule has 0 spiro atoms. The molecule has 1 aliphatic carbocycles. The van der Waals surface area contributed by atoms with Gasteiger partial charge in [0.25, 0.3) is 0 Å². The van der Waals surface area contributed by atoms with Crippen LogP contribution >= 0.6 is 0 Å². The van der Waals surface area contributed by atoms with Crippen LogP contribution in [0.25, 0.3) is 0 Å². The molecular weight excluding hydrogens is 228 g/mol. The highest BCUT2D eigenvalue weighted by molar-refractivity contribution is 5.72. The van der Waals surface area contributed by atoms with Crippen molar-refractivity contribution in [3.05, 3.63) is 17.5 Å². The Morgan fingerprint density at radius 1 is 1.56 bits per heavy atom. The minimum atomic E-state index is -0.404. The molecule has 1 heterocycles. The molecule has 1 aliphatic rings. The van der Waals surface area contributed by atoms with Crippen molar-refractivity contribution in [1.29, 1.82) is 0 Å². The van der Waals surface area contributed by atoms with Crippen molar-refractivity contribution in [2.45, 2.75) is 52.6 Å². The standard InChI is InChI=1S/C14H22N2O2/c1-9(13(17)18-14(2,3)4)10-5-6-11-8-15-16-12(11)7-10/h8-10H,5-7H2,1-4H3,(H,15,16). The molecule has 4 nitrogen and oxygen atoms in total. The number of aromatic nitrogens is 2. The predicted octanol–water partition coefficient (Wildman–Crippen LogP) is 2.49. The van der Waals surface area contributed by atoms with E-state index in [2.05, 4.69) is 10.2 Å². The van der Waals surface area contributed by atoms with Crippen LogP contribution in [0.5, 0.6) is 0 Å². The Balaban J connectivity index is 1.99. The molecule has 0 saturated carbocycles. The lowest BCUT2D eigenvalue weighted by atomic mass is 9.80. The number of aryl methyl sites for hydroxylation is 1. The molecule has 1 aromatic rings. The Morgan fingerprint density at radius 2 is 2.28 bits per heavy atom.